The average Bonchev–Trinajstić information content (AvgIpc) is 2.61. The van der Waals surface area contributed by atoms with Gasteiger partial charge in [0.2, 0.25) is 0 Å². The molecule has 0 aliphatic heterocycles. The monoisotopic (exact) mass is 311 g/mol. The van der Waals surface area contributed by atoms with Gasteiger partial charge in [-0.15, -0.1) is 6.42 Å². The highest BCUT2D eigenvalue weighted by Gasteiger charge is 2.08. The van der Waals surface area contributed by atoms with E-state index < -0.39 is 0 Å². The molecule has 0 unspecified atom stereocenters. The molecule has 2 aromatic carbocycles. The highest BCUT2D eigenvalue weighted by Crippen LogP contribution is 2.29. The number of terminal acetylenes is 1. The standard InChI is InChI=1S/C23H21N/c1-4-19-11-12-21(16-22(19)23-10-5-6-13-24-23)20-9-7-8-18(15-20)14-17(2)3/h1,5-13,15-17H,14H2,2-3H3. The van der Waals surface area contributed by atoms with Gasteiger partial charge in [0.25, 0.3) is 0 Å². The van der Waals surface area contributed by atoms with Gasteiger partial charge >= 0.3 is 0 Å². The molecular formula is C23H21N. The van der Waals surface area contributed by atoms with Crippen LogP contribution in [-0.2, 0) is 6.42 Å². The van der Waals surface area contributed by atoms with Crippen LogP contribution in [0.3, 0.4) is 0 Å². The van der Waals surface area contributed by atoms with E-state index in [4.69, 9.17) is 6.42 Å². The fraction of sp³-hybridized carbons (Fsp3) is 0.174. The molecule has 0 saturated heterocycles. The Balaban J connectivity index is 2.06. The van der Waals surface area contributed by atoms with Crippen LogP contribution in [0.4, 0.5) is 0 Å². The van der Waals surface area contributed by atoms with E-state index in [1.807, 2.05) is 24.3 Å². The molecule has 0 N–H and O–H groups in total. The van der Waals surface area contributed by atoms with E-state index in [1.165, 1.54) is 16.7 Å². The van der Waals surface area contributed by atoms with Crippen molar-refractivity contribution in [3.05, 3.63) is 78.0 Å². The zero-order valence-corrected chi connectivity index (χ0v) is 14.2. The van der Waals surface area contributed by atoms with Crippen molar-refractivity contribution in [1.29, 1.82) is 0 Å². The van der Waals surface area contributed by atoms with Crippen molar-refractivity contribution in [3.63, 3.8) is 0 Å². The van der Waals surface area contributed by atoms with Gasteiger partial charge in [-0.05, 0) is 53.3 Å². The predicted molar refractivity (Wildman–Crippen MR) is 102 cm³/mol. The first kappa shape index (κ1) is 16.0. The summed E-state index contributed by atoms with van der Waals surface area (Å²) in [7, 11) is 0. The maximum Gasteiger partial charge on any atom is 0.0714 e. The van der Waals surface area contributed by atoms with Gasteiger partial charge in [0.1, 0.15) is 0 Å². The summed E-state index contributed by atoms with van der Waals surface area (Å²) < 4.78 is 0. The van der Waals surface area contributed by atoms with Gasteiger partial charge in [0.15, 0.2) is 0 Å². The first-order valence-corrected chi connectivity index (χ1v) is 8.29. The lowest BCUT2D eigenvalue weighted by Gasteiger charge is -2.10. The molecule has 0 saturated carbocycles. The topological polar surface area (TPSA) is 12.9 Å². The largest absolute Gasteiger partial charge is 0.256 e. The Morgan fingerprint density at radius 1 is 0.958 bits per heavy atom. The number of rotatable bonds is 4. The fourth-order valence-electron chi connectivity index (χ4n) is 2.93. The third-order valence-corrected chi connectivity index (χ3v) is 4.02. The quantitative estimate of drug-likeness (QED) is 0.572. The third kappa shape index (κ3) is 3.55. The van der Waals surface area contributed by atoms with E-state index in [9.17, 15) is 0 Å². The molecule has 3 aromatic rings. The zero-order chi connectivity index (χ0) is 16.9. The number of hydrogen-bond donors (Lipinski definition) is 0. The average molecular weight is 311 g/mol. The summed E-state index contributed by atoms with van der Waals surface area (Å²) in [5, 5.41) is 0. The second-order valence-electron chi connectivity index (χ2n) is 6.42. The summed E-state index contributed by atoms with van der Waals surface area (Å²) in [5.74, 6) is 3.42. The van der Waals surface area contributed by atoms with Crippen LogP contribution in [-0.4, -0.2) is 4.98 Å². The summed E-state index contributed by atoms with van der Waals surface area (Å²) in [5.41, 5.74) is 6.53. The minimum atomic E-state index is 0.646. The number of pyridine rings is 1. The van der Waals surface area contributed by atoms with Crippen molar-refractivity contribution in [2.24, 2.45) is 5.92 Å². The minimum absolute atomic E-state index is 0.646. The summed E-state index contributed by atoms with van der Waals surface area (Å²) in [4.78, 5) is 4.45. The van der Waals surface area contributed by atoms with E-state index >= 15 is 0 Å². The SMILES string of the molecule is C#Cc1ccc(-c2cccc(CC(C)C)c2)cc1-c1ccccn1. The first-order chi connectivity index (χ1) is 11.7. The van der Waals surface area contributed by atoms with E-state index in [0.29, 0.717) is 5.92 Å². The Morgan fingerprint density at radius 2 is 1.79 bits per heavy atom. The van der Waals surface area contributed by atoms with E-state index in [-0.39, 0.29) is 0 Å². The maximum atomic E-state index is 5.68. The van der Waals surface area contributed by atoms with Crippen molar-refractivity contribution in [2.45, 2.75) is 20.3 Å². The Kier molecular flexibility index (Phi) is 4.77. The van der Waals surface area contributed by atoms with Crippen molar-refractivity contribution in [2.75, 3.05) is 0 Å². The van der Waals surface area contributed by atoms with Crippen LogP contribution < -0.4 is 0 Å². The lowest BCUT2D eigenvalue weighted by molar-refractivity contribution is 0.647. The smallest absolute Gasteiger partial charge is 0.0714 e. The molecule has 0 fully saturated rings. The molecule has 0 bridgehead atoms. The zero-order valence-electron chi connectivity index (χ0n) is 14.2. The molecule has 1 nitrogen and oxygen atoms in total. The molecule has 1 heteroatoms. The van der Waals surface area contributed by atoms with Crippen molar-refractivity contribution >= 4 is 0 Å². The van der Waals surface area contributed by atoms with Crippen molar-refractivity contribution < 1.29 is 0 Å². The lowest BCUT2D eigenvalue weighted by Crippen LogP contribution is -1.94. The van der Waals surface area contributed by atoms with Crippen LogP contribution in [0, 0.1) is 18.3 Å². The summed E-state index contributed by atoms with van der Waals surface area (Å²) in [6.45, 7) is 4.49. The molecule has 3 rings (SSSR count). The van der Waals surface area contributed by atoms with Crippen LogP contribution in [0.25, 0.3) is 22.4 Å². The molecule has 1 aromatic heterocycles. The van der Waals surface area contributed by atoms with E-state index in [0.717, 1.165) is 23.2 Å². The van der Waals surface area contributed by atoms with Gasteiger partial charge in [-0.2, -0.15) is 0 Å². The van der Waals surface area contributed by atoms with Crippen LogP contribution in [0.2, 0.25) is 0 Å². The van der Waals surface area contributed by atoms with Crippen LogP contribution in [0.5, 0.6) is 0 Å². The van der Waals surface area contributed by atoms with Gasteiger partial charge in [-0.3, -0.25) is 4.98 Å². The maximum absolute atomic E-state index is 5.68. The molecular weight excluding hydrogens is 290 g/mol. The second kappa shape index (κ2) is 7.15. The first-order valence-electron chi connectivity index (χ1n) is 8.29. The summed E-state index contributed by atoms with van der Waals surface area (Å²) >= 11 is 0. The molecule has 118 valence electrons. The van der Waals surface area contributed by atoms with E-state index in [2.05, 4.69) is 61.2 Å². The molecule has 0 aliphatic rings. The Bertz CT molecular complexity index is 870. The lowest BCUT2D eigenvalue weighted by atomic mass is 9.94. The number of benzene rings is 2. The number of nitrogens with zero attached hydrogens (tertiary/aromatic N) is 1. The number of aromatic nitrogens is 1. The Hall–Kier alpha value is -2.85. The van der Waals surface area contributed by atoms with Gasteiger partial charge < -0.3 is 0 Å². The summed E-state index contributed by atoms with van der Waals surface area (Å²) in [6.07, 6.45) is 8.56. The van der Waals surface area contributed by atoms with Gasteiger partial charge in [0.05, 0.1) is 5.69 Å². The minimum Gasteiger partial charge on any atom is -0.256 e. The molecule has 0 spiro atoms. The molecule has 0 radical (unpaired) electrons. The van der Waals surface area contributed by atoms with Crippen molar-refractivity contribution in [1.82, 2.24) is 4.98 Å². The summed E-state index contributed by atoms with van der Waals surface area (Å²) in [6, 6.07) is 20.9. The molecule has 1 heterocycles. The highest BCUT2D eigenvalue weighted by molar-refractivity contribution is 5.76. The van der Waals surface area contributed by atoms with Gasteiger partial charge in [-0.1, -0.05) is 56.2 Å². The van der Waals surface area contributed by atoms with Gasteiger partial charge in [-0.25, -0.2) is 0 Å². The third-order valence-electron chi connectivity index (χ3n) is 4.02. The Labute approximate surface area is 144 Å². The highest BCUT2D eigenvalue weighted by atomic mass is 14.7. The van der Waals surface area contributed by atoms with Crippen LogP contribution in [0.1, 0.15) is 25.0 Å². The molecule has 0 amide bonds. The molecule has 24 heavy (non-hydrogen) atoms. The molecule has 0 atom stereocenters. The van der Waals surface area contributed by atoms with Gasteiger partial charge in [0, 0.05) is 17.3 Å². The Morgan fingerprint density at radius 3 is 2.50 bits per heavy atom. The predicted octanol–water partition coefficient (Wildman–Crippen LogP) is 5.60. The van der Waals surface area contributed by atoms with Crippen LogP contribution >= 0.6 is 0 Å². The molecule has 0 aliphatic carbocycles. The van der Waals surface area contributed by atoms with E-state index in [1.54, 1.807) is 6.20 Å². The van der Waals surface area contributed by atoms with Crippen LogP contribution in [0.15, 0.2) is 66.9 Å². The normalized spacial score (nSPS) is 10.6. The fourth-order valence-corrected chi connectivity index (χ4v) is 2.93. The second-order valence-corrected chi connectivity index (χ2v) is 6.42. The van der Waals surface area contributed by atoms with Crippen molar-refractivity contribution in [3.8, 4) is 34.7 Å². The number of hydrogen-bond acceptors (Lipinski definition) is 1.